The quantitative estimate of drug-likeness (QED) is 0.883. The maximum atomic E-state index is 12.1. The molecule has 0 saturated heterocycles. The van der Waals surface area contributed by atoms with E-state index in [2.05, 4.69) is 26.2 Å². The van der Waals surface area contributed by atoms with Crippen molar-refractivity contribution in [3.8, 4) is 0 Å². The van der Waals surface area contributed by atoms with Gasteiger partial charge in [0.15, 0.2) is 0 Å². The molecule has 1 amide bonds. The largest absolute Gasteiger partial charge is 0.320 e. The minimum Gasteiger partial charge on any atom is -0.320 e. The molecule has 0 aliphatic rings. The lowest BCUT2D eigenvalue weighted by Gasteiger charge is -2.11. The van der Waals surface area contributed by atoms with Crippen LogP contribution in [-0.4, -0.2) is 10.9 Å². The van der Waals surface area contributed by atoms with E-state index in [0.717, 1.165) is 15.6 Å². The van der Waals surface area contributed by atoms with E-state index in [1.165, 1.54) is 6.20 Å². The molecule has 0 saturated carbocycles. The average Bonchev–Trinajstić information content (AvgIpc) is 2.33. The van der Waals surface area contributed by atoms with Crippen LogP contribution >= 0.6 is 27.5 Å². The second-order valence-electron chi connectivity index (χ2n) is 4.28. The van der Waals surface area contributed by atoms with Gasteiger partial charge in [0, 0.05) is 16.9 Å². The summed E-state index contributed by atoms with van der Waals surface area (Å²) >= 11 is 9.44. The van der Waals surface area contributed by atoms with E-state index in [4.69, 9.17) is 11.6 Å². The van der Waals surface area contributed by atoms with Crippen LogP contribution in [0.1, 0.15) is 21.5 Å². The van der Waals surface area contributed by atoms with Crippen molar-refractivity contribution in [3.05, 3.63) is 56.8 Å². The van der Waals surface area contributed by atoms with Crippen molar-refractivity contribution in [2.75, 3.05) is 5.32 Å². The molecule has 1 aromatic heterocycles. The van der Waals surface area contributed by atoms with E-state index >= 15 is 0 Å². The first-order valence-corrected chi connectivity index (χ1v) is 6.83. The molecule has 1 heterocycles. The smallest absolute Gasteiger partial charge is 0.257 e. The lowest BCUT2D eigenvalue weighted by Crippen LogP contribution is -2.13. The van der Waals surface area contributed by atoms with Gasteiger partial charge in [0.2, 0.25) is 0 Å². The Morgan fingerprint density at radius 1 is 1.26 bits per heavy atom. The normalized spacial score (nSPS) is 10.3. The number of aromatic nitrogens is 1. The fourth-order valence-electron chi connectivity index (χ4n) is 1.80. The molecule has 0 aliphatic carbocycles. The predicted molar refractivity (Wildman–Crippen MR) is 80.8 cm³/mol. The van der Waals surface area contributed by atoms with Crippen LogP contribution in [0, 0.1) is 13.8 Å². The number of carbonyl (C=O) groups is 1. The fraction of sp³-hybridized carbons (Fsp3) is 0.143. The van der Waals surface area contributed by atoms with Crippen LogP contribution in [0.4, 0.5) is 5.69 Å². The number of hydrogen-bond donors (Lipinski definition) is 1. The fourth-order valence-corrected chi connectivity index (χ4v) is 2.53. The van der Waals surface area contributed by atoms with Gasteiger partial charge in [0.1, 0.15) is 0 Å². The molecular weight excluding hydrogens is 328 g/mol. The van der Waals surface area contributed by atoms with E-state index in [1.54, 1.807) is 12.3 Å². The van der Waals surface area contributed by atoms with Crippen molar-refractivity contribution in [1.82, 2.24) is 4.98 Å². The van der Waals surface area contributed by atoms with Crippen molar-refractivity contribution in [3.63, 3.8) is 0 Å². The molecule has 0 bridgehead atoms. The van der Waals surface area contributed by atoms with Gasteiger partial charge in [-0.2, -0.15) is 0 Å². The molecule has 3 nitrogen and oxygen atoms in total. The Morgan fingerprint density at radius 3 is 2.63 bits per heavy atom. The number of anilines is 1. The molecule has 0 fully saturated rings. The van der Waals surface area contributed by atoms with Gasteiger partial charge in [-0.1, -0.05) is 17.7 Å². The summed E-state index contributed by atoms with van der Waals surface area (Å²) < 4.78 is 0.756. The molecule has 1 aromatic carbocycles. The Morgan fingerprint density at radius 2 is 2.00 bits per heavy atom. The van der Waals surface area contributed by atoms with Crippen LogP contribution in [-0.2, 0) is 0 Å². The Kier molecular flexibility index (Phi) is 4.22. The Labute approximate surface area is 125 Å². The van der Waals surface area contributed by atoms with E-state index in [-0.39, 0.29) is 5.91 Å². The highest BCUT2D eigenvalue weighted by Crippen LogP contribution is 2.27. The van der Waals surface area contributed by atoms with Crippen LogP contribution in [0.15, 0.2) is 35.1 Å². The lowest BCUT2D eigenvalue weighted by atomic mass is 10.1. The summed E-state index contributed by atoms with van der Waals surface area (Å²) in [5.41, 5.74) is 3.11. The van der Waals surface area contributed by atoms with Crippen molar-refractivity contribution in [2.45, 2.75) is 13.8 Å². The Hall–Kier alpha value is -1.39. The van der Waals surface area contributed by atoms with Gasteiger partial charge in [0.25, 0.3) is 5.91 Å². The number of rotatable bonds is 2. The topological polar surface area (TPSA) is 42.0 Å². The van der Waals surface area contributed by atoms with Crippen molar-refractivity contribution in [1.29, 1.82) is 0 Å². The van der Waals surface area contributed by atoms with Gasteiger partial charge in [-0.15, -0.1) is 0 Å². The number of halogens is 2. The summed E-state index contributed by atoms with van der Waals surface area (Å²) in [5, 5.41) is 3.35. The zero-order valence-electron chi connectivity index (χ0n) is 10.5. The lowest BCUT2D eigenvalue weighted by molar-refractivity contribution is 0.102. The SMILES string of the molecule is Cc1cc(C)c(NC(=O)c2cncc(Br)c2)c(Cl)c1. The van der Waals surface area contributed by atoms with Crippen LogP contribution in [0.3, 0.4) is 0 Å². The first-order chi connectivity index (χ1) is 8.97. The van der Waals surface area contributed by atoms with Gasteiger partial charge in [0.05, 0.1) is 16.3 Å². The van der Waals surface area contributed by atoms with Crippen LogP contribution in [0.25, 0.3) is 0 Å². The standard InChI is InChI=1S/C14H12BrClN2O/c1-8-3-9(2)13(12(16)4-8)18-14(19)10-5-11(15)7-17-6-10/h3-7H,1-2H3,(H,18,19). The number of carbonyl (C=O) groups excluding carboxylic acids is 1. The number of amides is 1. The highest BCUT2D eigenvalue weighted by molar-refractivity contribution is 9.10. The predicted octanol–water partition coefficient (Wildman–Crippen LogP) is 4.37. The second kappa shape index (κ2) is 5.72. The summed E-state index contributed by atoms with van der Waals surface area (Å²) in [6.45, 7) is 3.87. The molecule has 2 aromatic rings. The molecule has 2 rings (SSSR count). The molecule has 98 valence electrons. The highest BCUT2D eigenvalue weighted by Gasteiger charge is 2.11. The summed E-state index contributed by atoms with van der Waals surface area (Å²) in [7, 11) is 0. The number of benzene rings is 1. The molecular formula is C14H12BrClN2O. The number of pyridine rings is 1. The van der Waals surface area contributed by atoms with Gasteiger partial charge in [-0.05, 0) is 53.0 Å². The maximum Gasteiger partial charge on any atom is 0.257 e. The van der Waals surface area contributed by atoms with E-state index < -0.39 is 0 Å². The molecule has 1 N–H and O–H groups in total. The van der Waals surface area contributed by atoms with Crippen molar-refractivity contribution >= 4 is 39.1 Å². The third kappa shape index (κ3) is 3.33. The first-order valence-electron chi connectivity index (χ1n) is 5.66. The van der Waals surface area contributed by atoms with E-state index in [0.29, 0.717) is 16.3 Å². The molecule has 0 radical (unpaired) electrons. The summed E-state index contributed by atoms with van der Waals surface area (Å²) in [5.74, 6) is -0.234. The average molecular weight is 340 g/mol. The van der Waals surface area contributed by atoms with Crippen molar-refractivity contribution < 1.29 is 4.79 Å². The van der Waals surface area contributed by atoms with Crippen LogP contribution in [0.5, 0.6) is 0 Å². The highest BCUT2D eigenvalue weighted by atomic mass is 79.9. The Bertz CT molecular complexity index is 620. The molecule has 5 heteroatoms. The monoisotopic (exact) mass is 338 g/mol. The van der Waals surface area contributed by atoms with Gasteiger partial charge >= 0.3 is 0 Å². The Balaban J connectivity index is 2.29. The second-order valence-corrected chi connectivity index (χ2v) is 5.61. The molecule has 0 aliphatic heterocycles. The number of nitrogens with zero attached hydrogens (tertiary/aromatic N) is 1. The zero-order valence-corrected chi connectivity index (χ0v) is 12.8. The molecule has 0 atom stereocenters. The van der Waals surface area contributed by atoms with Gasteiger partial charge < -0.3 is 5.32 Å². The van der Waals surface area contributed by atoms with Crippen LogP contribution < -0.4 is 5.32 Å². The minimum absolute atomic E-state index is 0.234. The number of hydrogen-bond acceptors (Lipinski definition) is 2. The first kappa shape index (κ1) is 14.0. The molecule has 19 heavy (non-hydrogen) atoms. The van der Waals surface area contributed by atoms with E-state index in [1.807, 2.05) is 26.0 Å². The maximum absolute atomic E-state index is 12.1. The summed E-state index contributed by atoms with van der Waals surface area (Å²) in [6, 6.07) is 5.50. The third-order valence-electron chi connectivity index (χ3n) is 2.64. The van der Waals surface area contributed by atoms with E-state index in [9.17, 15) is 4.79 Å². The zero-order chi connectivity index (χ0) is 14.0. The third-order valence-corrected chi connectivity index (χ3v) is 3.37. The summed E-state index contributed by atoms with van der Waals surface area (Å²) in [6.07, 6.45) is 3.14. The molecule has 0 spiro atoms. The van der Waals surface area contributed by atoms with Crippen LogP contribution in [0.2, 0.25) is 5.02 Å². The summed E-state index contributed by atoms with van der Waals surface area (Å²) in [4.78, 5) is 16.1. The van der Waals surface area contributed by atoms with Crippen molar-refractivity contribution in [2.24, 2.45) is 0 Å². The van der Waals surface area contributed by atoms with Gasteiger partial charge in [-0.25, -0.2) is 0 Å². The number of aryl methyl sites for hydroxylation is 2. The number of nitrogens with one attached hydrogen (secondary N) is 1. The minimum atomic E-state index is -0.234. The van der Waals surface area contributed by atoms with Gasteiger partial charge in [-0.3, -0.25) is 9.78 Å². The molecule has 0 unspecified atom stereocenters.